The number of nitrogens with one attached hydrogen (secondary N) is 3. The number of aromatic nitrogens is 2. The van der Waals surface area contributed by atoms with Gasteiger partial charge in [-0.3, -0.25) is 0 Å². The monoisotopic (exact) mass is 378 g/mol. The van der Waals surface area contributed by atoms with E-state index in [0.29, 0.717) is 16.2 Å². The fraction of sp³-hybridized carbons (Fsp3) is 0.364. The van der Waals surface area contributed by atoms with Crippen LogP contribution < -0.4 is 10.0 Å². The van der Waals surface area contributed by atoms with Crippen molar-refractivity contribution in [3.8, 4) is 0 Å². The van der Waals surface area contributed by atoms with Gasteiger partial charge >= 0.3 is 0 Å². The summed E-state index contributed by atoms with van der Waals surface area (Å²) >= 11 is 4.71. The van der Waals surface area contributed by atoms with Crippen LogP contribution in [-0.2, 0) is 16.6 Å². The molecule has 0 radical (unpaired) electrons. The number of hydrogen-bond acceptors (Lipinski definition) is 5. The van der Waals surface area contributed by atoms with Crippen molar-refractivity contribution in [3.05, 3.63) is 32.9 Å². The predicted molar refractivity (Wildman–Crippen MR) is 82.1 cm³/mol. The van der Waals surface area contributed by atoms with E-state index in [2.05, 4.69) is 35.9 Å². The molecule has 0 aliphatic heterocycles. The van der Waals surface area contributed by atoms with Crippen LogP contribution in [0.25, 0.3) is 0 Å². The topological polar surface area (TPSA) is 86.9 Å². The van der Waals surface area contributed by atoms with Crippen LogP contribution in [0.1, 0.15) is 23.7 Å². The minimum absolute atomic E-state index is 0.256. The number of thiophene rings is 1. The van der Waals surface area contributed by atoms with Crippen molar-refractivity contribution in [1.29, 1.82) is 0 Å². The maximum Gasteiger partial charge on any atom is 0.243 e. The quantitative estimate of drug-likeness (QED) is 0.717. The van der Waals surface area contributed by atoms with Crippen molar-refractivity contribution < 1.29 is 8.42 Å². The number of imidazole rings is 1. The van der Waals surface area contributed by atoms with Crippen molar-refractivity contribution in [3.63, 3.8) is 0 Å². The molecule has 2 aromatic heterocycles. The first-order valence-electron chi connectivity index (χ1n) is 5.88. The Balaban J connectivity index is 2.22. The van der Waals surface area contributed by atoms with Crippen LogP contribution in [0.4, 0.5) is 0 Å². The summed E-state index contributed by atoms with van der Waals surface area (Å²) in [5.41, 5.74) is 0. The Morgan fingerprint density at radius 1 is 1.55 bits per heavy atom. The zero-order valence-electron chi connectivity index (χ0n) is 11.0. The van der Waals surface area contributed by atoms with Gasteiger partial charge in [0, 0.05) is 23.8 Å². The van der Waals surface area contributed by atoms with Crippen LogP contribution in [0.15, 0.2) is 27.1 Å². The van der Waals surface area contributed by atoms with Crippen molar-refractivity contribution in [2.45, 2.75) is 24.4 Å². The van der Waals surface area contributed by atoms with Crippen molar-refractivity contribution in [2.24, 2.45) is 0 Å². The van der Waals surface area contributed by atoms with Crippen molar-refractivity contribution in [2.75, 3.05) is 7.05 Å². The minimum Gasteiger partial charge on any atom is -0.347 e. The molecule has 0 aliphatic carbocycles. The van der Waals surface area contributed by atoms with Crippen LogP contribution in [0, 0.1) is 0 Å². The van der Waals surface area contributed by atoms with Gasteiger partial charge in [0.1, 0.15) is 10.7 Å². The van der Waals surface area contributed by atoms with E-state index >= 15 is 0 Å². The fourth-order valence-electron chi connectivity index (χ4n) is 1.71. The van der Waals surface area contributed by atoms with E-state index in [1.807, 2.05) is 7.05 Å². The lowest BCUT2D eigenvalue weighted by Gasteiger charge is -2.11. The normalized spacial score (nSPS) is 13.6. The predicted octanol–water partition coefficient (Wildman–Crippen LogP) is 1.99. The molecule has 0 aliphatic rings. The van der Waals surface area contributed by atoms with Crippen LogP contribution in [0.5, 0.6) is 0 Å². The molecule has 0 spiro atoms. The maximum absolute atomic E-state index is 12.4. The van der Waals surface area contributed by atoms with Gasteiger partial charge in [-0.05, 0) is 36.0 Å². The first kappa shape index (κ1) is 15.6. The lowest BCUT2D eigenvalue weighted by Crippen LogP contribution is -2.27. The third-order valence-corrected chi connectivity index (χ3v) is 6.40. The molecule has 1 unspecified atom stereocenters. The molecule has 0 bridgehead atoms. The largest absolute Gasteiger partial charge is 0.347 e. The first-order chi connectivity index (χ1) is 9.44. The highest BCUT2D eigenvalue weighted by molar-refractivity contribution is 9.11. The van der Waals surface area contributed by atoms with Gasteiger partial charge in [0.2, 0.25) is 10.0 Å². The Morgan fingerprint density at radius 2 is 2.30 bits per heavy atom. The SMILES string of the molecule is CNCc1cc(S(=O)(=O)NC(C)c2ncc[nH]2)c(Br)s1. The molecule has 20 heavy (non-hydrogen) atoms. The molecule has 110 valence electrons. The number of sulfonamides is 1. The molecular formula is C11H15BrN4O2S2. The number of rotatable bonds is 6. The second kappa shape index (κ2) is 6.35. The average molecular weight is 379 g/mol. The highest BCUT2D eigenvalue weighted by atomic mass is 79.9. The molecule has 0 amide bonds. The van der Waals surface area contributed by atoms with E-state index in [-0.39, 0.29) is 4.90 Å². The molecule has 2 aromatic rings. The van der Waals surface area contributed by atoms with Crippen LogP contribution in [0.2, 0.25) is 0 Å². The molecule has 2 rings (SSSR count). The molecule has 2 heterocycles. The fourth-order valence-corrected chi connectivity index (χ4v) is 5.61. The summed E-state index contributed by atoms with van der Waals surface area (Å²) in [4.78, 5) is 8.15. The molecule has 9 heteroatoms. The molecule has 0 saturated heterocycles. The second-order valence-electron chi connectivity index (χ2n) is 4.20. The Kier molecular flexibility index (Phi) is 4.97. The number of aromatic amines is 1. The first-order valence-corrected chi connectivity index (χ1v) is 8.97. The van der Waals surface area contributed by atoms with Gasteiger partial charge in [0.25, 0.3) is 0 Å². The average Bonchev–Trinajstić information content (AvgIpc) is 2.98. The lowest BCUT2D eigenvalue weighted by molar-refractivity contribution is 0.561. The van der Waals surface area contributed by atoms with Gasteiger partial charge < -0.3 is 10.3 Å². The lowest BCUT2D eigenvalue weighted by atomic mass is 10.3. The highest BCUT2D eigenvalue weighted by Crippen LogP contribution is 2.32. The highest BCUT2D eigenvalue weighted by Gasteiger charge is 2.24. The summed E-state index contributed by atoms with van der Waals surface area (Å²) in [5.74, 6) is 0.579. The Hall–Kier alpha value is -0.740. The molecule has 0 saturated carbocycles. The standard InChI is InChI=1S/C11H15BrN4O2S2/c1-7(11-14-3-4-15-11)16-20(17,18)9-5-8(6-13-2)19-10(9)12/h3-5,7,13,16H,6H2,1-2H3,(H,14,15). The van der Waals surface area contributed by atoms with Gasteiger partial charge in [-0.2, -0.15) is 0 Å². The van der Waals surface area contributed by atoms with Gasteiger partial charge in [0.05, 0.1) is 9.83 Å². The summed E-state index contributed by atoms with van der Waals surface area (Å²) in [6.07, 6.45) is 3.25. The van der Waals surface area contributed by atoms with Gasteiger partial charge in [0.15, 0.2) is 0 Å². The molecule has 0 aromatic carbocycles. The number of halogens is 1. The molecular weight excluding hydrogens is 364 g/mol. The zero-order chi connectivity index (χ0) is 14.8. The minimum atomic E-state index is -3.59. The van der Waals surface area contributed by atoms with E-state index in [0.717, 1.165) is 4.88 Å². The van der Waals surface area contributed by atoms with E-state index < -0.39 is 16.1 Å². The van der Waals surface area contributed by atoms with Gasteiger partial charge in [-0.25, -0.2) is 18.1 Å². The Morgan fingerprint density at radius 3 is 2.90 bits per heavy atom. The summed E-state index contributed by atoms with van der Waals surface area (Å²) in [5, 5.41) is 3.00. The van der Waals surface area contributed by atoms with Crippen molar-refractivity contribution >= 4 is 37.3 Å². The van der Waals surface area contributed by atoms with E-state index in [1.54, 1.807) is 25.4 Å². The third-order valence-electron chi connectivity index (χ3n) is 2.61. The number of hydrogen-bond donors (Lipinski definition) is 3. The molecule has 3 N–H and O–H groups in total. The molecule has 1 atom stereocenters. The van der Waals surface area contributed by atoms with Crippen LogP contribution in [-0.4, -0.2) is 25.4 Å². The van der Waals surface area contributed by atoms with E-state index in [4.69, 9.17) is 0 Å². The Bertz CT molecular complexity index is 667. The van der Waals surface area contributed by atoms with Crippen LogP contribution >= 0.6 is 27.3 Å². The van der Waals surface area contributed by atoms with E-state index in [9.17, 15) is 8.42 Å². The second-order valence-corrected chi connectivity index (χ2v) is 8.34. The van der Waals surface area contributed by atoms with E-state index in [1.165, 1.54) is 11.3 Å². The van der Waals surface area contributed by atoms with Gasteiger partial charge in [-0.15, -0.1) is 11.3 Å². The number of H-pyrrole nitrogens is 1. The summed E-state index contributed by atoms with van der Waals surface area (Å²) in [7, 11) is -1.77. The smallest absolute Gasteiger partial charge is 0.243 e. The summed E-state index contributed by atoms with van der Waals surface area (Å²) in [6.45, 7) is 2.37. The third kappa shape index (κ3) is 3.47. The summed E-state index contributed by atoms with van der Waals surface area (Å²) in [6, 6.07) is 1.25. The maximum atomic E-state index is 12.4. The van der Waals surface area contributed by atoms with Crippen molar-refractivity contribution in [1.82, 2.24) is 20.0 Å². The Labute approximate surface area is 130 Å². The molecule has 6 nitrogen and oxygen atoms in total. The summed E-state index contributed by atoms with van der Waals surface area (Å²) < 4.78 is 28.0. The molecule has 0 fully saturated rings. The zero-order valence-corrected chi connectivity index (χ0v) is 14.2. The number of nitrogens with zero attached hydrogens (tertiary/aromatic N) is 1. The van der Waals surface area contributed by atoms with Gasteiger partial charge in [-0.1, -0.05) is 0 Å². The van der Waals surface area contributed by atoms with Crippen LogP contribution in [0.3, 0.4) is 0 Å².